The first kappa shape index (κ1) is 27.6. The van der Waals surface area contributed by atoms with Crippen LogP contribution in [-0.4, -0.2) is 68.7 Å². The Kier molecular flexibility index (Phi) is 8.92. The van der Waals surface area contributed by atoms with E-state index < -0.39 is 47.4 Å². The van der Waals surface area contributed by atoms with E-state index in [0.717, 1.165) is 0 Å². The Morgan fingerprint density at radius 1 is 1.06 bits per heavy atom. The van der Waals surface area contributed by atoms with Gasteiger partial charge in [-0.05, 0) is 34.3 Å². The molecule has 0 amide bonds. The Hall–Kier alpha value is -0.951. The second-order valence-electron chi connectivity index (χ2n) is 10.4. The molecule has 8 nitrogen and oxygen atoms in total. The SMILES string of the molecule is [B]C1O[C@@H]2CO[Si](C(C)C)(C(C)C)O[Si](C(C)C)(C(C)C)O[C@H]2[C@H]1OCOC(=O)c1ccco1. The van der Waals surface area contributed by atoms with E-state index in [1.165, 1.54) is 12.3 Å². The molecule has 1 aromatic heterocycles. The van der Waals surface area contributed by atoms with Crippen molar-refractivity contribution in [2.45, 2.75) is 102 Å². The van der Waals surface area contributed by atoms with E-state index in [4.69, 9.17) is 39.4 Å². The Bertz CT molecular complexity index is 785. The fourth-order valence-electron chi connectivity index (χ4n) is 4.99. The summed E-state index contributed by atoms with van der Waals surface area (Å²) in [5.74, 6) is -0.510. The molecule has 2 aliphatic rings. The van der Waals surface area contributed by atoms with Gasteiger partial charge in [-0.1, -0.05) is 55.4 Å². The molecule has 2 saturated heterocycles. The maximum Gasteiger partial charge on any atom is 0.376 e. The average Bonchev–Trinajstić information content (AvgIpc) is 3.37. The van der Waals surface area contributed by atoms with Crippen LogP contribution < -0.4 is 0 Å². The van der Waals surface area contributed by atoms with Crippen LogP contribution >= 0.6 is 0 Å². The second kappa shape index (κ2) is 11.0. The molecule has 34 heavy (non-hydrogen) atoms. The lowest BCUT2D eigenvalue weighted by Crippen LogP contribution is -2.66. The summed E-state index contributed by atoms with van der Waals surface area (Å²) < 4.78 is 43.1. The molecule has 0 bridgehead atoms. The third kappa shape index (κ3) is 5.25. The van der Waals surface area contributed by atoms with Crippen LogP contribution in [0.15, 0.2) is 22.8 Å². The molecule has 2 fully saturated rings. The number of rotatable bonds is 8. The number of esters is 1. The quantitative estimate of drug-likeness (QED) is 0.284. The van der Waals surface area contributed by atoms with Crippen LogP contribution in [0.4, 0.5) is 0 Å². The van der Waals surface area contributed by atoms with Crippen molar-refractivity contribution >= 4 is 30.9 Å². The van der Waals surface area contributed by atoms with Gasteiger partial charge in [0, 0.05) is 6.00 Å². The molecule has 0 saturated carbocycles. The fraction of sp³-hybridized carbons (Fsp3) is 0.783. The highest BCUT2D eigenvalue weighted by atomic mass is 28.5. The van der Waals surface area contributed by atoms with Gasteiger partial charge in [0.25, 0.3) is 0 Å². The van der Waals surface area contributed by atoms with Gasteiger partial charge in [-0.2, -0.15) is 0 Å². The lowest BCUT2D eigenvalue weighted by atomic mass is 9.93. The smallest absolute Gasteiger partial charge is 0.376 e. The number of ether oxygens (including phenoxy) is 3. The molecule has 3 rings (SSSR count). The first-order valence-corrected chi connectivity index (χ1v) is 16.1. The number of hydrogen-bond donors (Lipinski definition) is 0. The predicted molar refractivity (Wildman–Crippen MR) is 132 cm³/mol. The zero-order chi connectivity index (χ0) is 25.3. The Labute approximate surface area is 206 Å². The molecular weight excluding hydrogens is 471 g/mol. The summed E-state index contributed by atoms with van der Waals surface area (Å²) in [7, 11) is 0.819. The van der Waals surface area contributed by atoms with Crippen molar-refractivity contribution < 1.29 is 36.4 Å². The van der Waals surface area contributed by atoms with Crippen LogP contribution in [-0.2, 0) is 27.2 Å². The number of carbonyl (C=O) groups is 1. The van der Waals surface area contributed by atoms with E-state index in [-0.39, 0.29) is 34.7 Å². The Morgan fingerprint density at radius 3 is 2.21 bits per heavy atom. The summed E-state index contributed by atoms with van der Waals surface area (Å²) in [5, 5.41) is 0. The van der Waals surface area contributed by atoms with Gasteiger partial charge in [0.1, 0.15) is 26.2 Å². The van der Waals surface area contributed by atoms with Gasteiger partial charge in [-0.25, -0.2) is 4.79 Å². The standard InChI is InChI=1S/C23H39BO8Si2/c1-14(2)33(15(3)4)29-12-19-20(31-34(32-33,16(5)6)17(7)8)21(22(24)30-19)27-13-28-23(25)18-10-9-11-26-18/h9-11,14-17,19-22H,12-13H2,1-8H3/t19-,20-,21-,22?/m1/s1. The summed E-state index contributed by atoms with van der Waals surface area (Å²) in [6.45, 7) is 17.3. The molecule has 0 N–H and O–H groups in total. The van der Waals surface area contributed by atoms with Gasteiger partial charge in [-0.15, -0.1) is 0 Å². The molecule has 2 radical (unpaired) electrons. The number of carbonyl (C=O) groups excluding carboxylic acids is 1. The number of fused-ring (bicyclic) bond motifs is 1. The molecule has 2 aliphatic heterocycles. The minimum absolute atomic E-state index is 0.104. The number of furan rings is 1. The molecule has 4 atom stereocenters. The highest BCUT2D eigenvalue weighted by Gasteiger charge is 2.61. The van der Waals surface area contributed by atoms with Crippen molar-refractivity contribution in [2.24, 2.45) is 0 Å². The van der Waals surface area contributed by atoms with Crippen LogP contribution in [0.1, 0.15) is 65.9 Å². The highest BCUT2D eigenvalue weighted by Crippen LogP contribution is 2.47. The summed E-state index contributed by atoms with van der Waals surface area (Å²) in [4.78, 5) is 12.1. The van der Waals surface area contributed by atoms with Crippen molar-refractivity contribution in [3.8, 4) is 0 Å². The highest BCUT2D eigenvalue weighted by molar-refractivity contribution is 6.84. The lowest BCUT2D eigenvalue weighted by molar-refractivity contribution is -0.0996. The normalized spacial score (nSPS) is 28.8. The molecule has 0 aromatic carbocycles. The second-order valence-corrected chi connectivity index (χ2v) is 19.2. The molecule has 0 spiro atoms. The minimum Gasteiger partial charge on any atom is -0.457 e. The van der Waals surface area contributed by atoms with Crippen LogP contribution in [0.3, 0.4) is 0 Å². The monoisotopic (exact) mass is 510 g/mol. The Balaban J connectivity index is 1.85. The molecule has 11 heteroatoms. The third-order valence-electron chi connectivity index (χ3n) is 6.85. The van der Waals surface area contributed by atoms with Gasteiger partial charge in [0.15, 0.2) is 6.79 Å². The molecule has 190 valence electrons. The molecule has 1 aromatic rings. The topological polar surface area (TPSA) is 85.6 Å². The summed E-state index contributed by atoms with van der Waals surface area (Å²) in [6.07, 6.45) is -0.137. The first-order valence-electron chi connectivity index (χ1n) is 12.2. The zero-order valence-electron chi connectivity index (χ0n) is 21.6. The minimum atomic E-state index is -2.84. The van der Waals surface area contributed by atoms with E-state index in [9.17, 15) is 4.79 Å². The average molecular weight is 511 g/mol. The first-order chi connectivity index (χ1) is 15.9. The van der Waals surface area contributed by atoms with Crippen molar-refractivity contribution in [1.29, 1.82) is 0 Å². The van der Waals surface area contributed by atoms with Crippen molar-refractivity contribution in [1.82, 2.24) is 0 Å². The summed E-state index contributed by atoms with van der Waals surface area (Å²) in [5.41, 5.74) is 0.794. The van der Waals surface area contributed by atoms with Crippen LogP contribution in [0.25, 0.3) is 0 Å². The number of hydrogen-bond acceptors (Lipinski definition) is 8. The fourth-order valence-corrected chi connectivity index (χ4v) is 16.2. The van der Waals surface area contributed by atoms with E-state index >= 15 is 0 Å². The third-order valence-corrected chi connectivity index (χ3v) is 17.1. The Morgan fingerprint density at radius 2 is 1.68 bits per heavy atom. The van der Waals surface area contributed by atoms with Gasteiger partial charge >= 0.3 is 23.1 Å². The van der Waals surface area contributed by atoms with Crippen molar-refractivity contribution in [3.05, 3.63) is 24.2 Å². The van der Waals surface area contributed by atoms with Crippen LogP contribution in [0.5, 0.6) is 0 Å². The van der Waals surface area contributed by atoms with Gasteiger partial charge in [-0.3, -0.25) is 0 Å². The largest absolute Gasteiger partial charge is 0.457 e. The van der Waals surface area contributed by atoms with E-state index in [0.29, 0.717) is 6.61 Å². The lowest BCUT2D eigenvalue weighted by Gasteiger charge is -2.51. The molecule has 0 aliphatic carbocycles. The predicted octanol–water partition coefficient (Wildman–Crippen LogP) is 4.63. The summed E-state index contributed by atoms with van der Waals surface area (Å²) in [6, 6.07) is 2.39. The molecular formula is C23H39BO8Si2. The van der Waals surface area contributed by atoms with Gasteiger partial charge in [0.2, 0.25) is 5.76 Å². The van der Waals surface area contributed by atoms with E-state index in [1.54, 1.807) is 6.07 Å². The molecule has 3 heterocycles. The van der Waals surface area contributed by atoms with E-state index in [2.05, 4.69) is 55.4 Å². The summed E-state index contributed by atoms with van der Waals surface area (Å²) >= 11 is 0. The molecule has 1 unspecified atom stereocenters. The van der Waals surface area contributed by atoms with Gasteiger partial charge < -0.3 is 31.6 Å². The maximum absolute atomic E-state index is 12.1. The zero-order valence-corrected chi connectivity index (χ0v) is 23.6. The van der Waals surface area contributed by atoms with Gasteiger partial charge in [0.05, 0.1) is 12.9 Å². The van der Waals surface area contributed by atoms with Crippen molar-refractivity contribution in [2.75, 3.05) is 13.4 Å². The van der Waals surface area contributed by atoms with E-state index in [1.807, 2.05) is 0 Å². The van der Waals surface area contributed by atoms with Crippen LogP contribution in [0.2, 0.25) is 22.2 Å². The van der Waals surface area contributed by atoms with Crippen LogP contribution in [0, 0.1) is 0 Å². The maximum atomic E-state index is 12.1. The van der Waals surface area contributed by atoms with Crippen molar-refractivity contribution in [3.63, 3.8) is 0 Å².